The molecule has 0 radical (unpaired) electrons. The van der Waals surface area contributed by atoms with Gasteiger partial charge in [0, 0.05) is 38.3 Å². The van der Waals surface area contributed by atoms with Gasteiger partial charge >= 0.3 is 0 Å². The maximum Gasteiger partial charge on any atom is 0.220 e. The van der Waals surface area contributed by atoms with Crippen molar-refractivity contribution in [1.82, 2.24) is 25.0 Å². The fourth-order valence-electron chi connectivity index (χ4n) is 3.09. The lowest BCUT2D eigenvalue weighted by molar-refractivity contribution is -0.120. The lowest BCUT2D eigenvalue weighted by Crippen LogP contribution is -2.33. The molecule has 0 spiro atoms. The van der Waals surface area contributed by atoms with Crippen molar-refractivity contribution in [3.63, 3.8) is 0 Å². The second kappa shape index (κ2) is 8.18. The quantitative estimate of drug-likeness (QED) is 0.803. The van der Waals surface area contributed by atoms with Gasteiger partial charge in [0.25, 0.3) is 0 Å². The summed E-state index contributed by atoms with van der Waals surface area (Å²) in [4.78, 5) is 18.2. The van der Waals surface area contributed by atoms with E-state index in [9.17, 15) is 4.79 Å². The van der Waals surface area contributed by atoms with Gasteiger partial charge in [-0.2, -0.15) is 5.10 Å². The number of amides is 1. The zero-order valence-corrected chi connectivity index (χ0v) is 15.5. The van der Waals surface area contributed by atoms with Gasteiger partial charge in [-0.25, -0.2) is 0 Å². The van der Waals surface area contributed by atoms with Crippen molar-refractivity contribution < 1.29 is 14.3 Å². The molecule has 0 unspecified atom stereocenters. The van der Waals surface area contributed by atoms with Crippen LogP contribution in [0.15, 0.2) is 18.3 Å². The first-order valence-corrected chi connectivity index (χ1v) is 8.75. The Morgan fingerprint density at radius 1 is 1.31 bits per heavy atom. The number of carbonyl (C=O) groups excluding carboxylic acids is 1. The first-order chi connectivity index (χ1) is 12.6. The van der Waals surface area contributed by atoms with Crippen LogP contribution in [0.2, 0.25) is 0 Å². The minimum atomic E-state index is 0.0359. The predicted octanol–water partition coefficient (Wildman–Crippen LogP) is 1.34. The Bertz CT molecular complexity index is 774. The second-order valence-corrected chi connectivity index (χ2v) is 6.18. The molecule has 0 aromatic carbocycles. The monoisotopic (exact) mass is 359 g/mol. The third kappa shape index (κ3) is 3.96. The molecule has 1 amide bonds. The number of ether oxygens (including phenoxy) is 2. The van der Waals surface area contributed by atoms with E-state index in [4.69, 9.17) is 9.47 Å². The van der Waals surface area contributed by atoms with Gasteiger partial charge in [-0.15, -0.1) is 0 Å². The molecule has 3 heterocycles. The number of carbonyl (C=O) groups is 1. The minimum absolute atomic E-state index is 0.0359. The van der Waals surface area contributed by atoms with Crippen LogP contribution in [0.25, 0.3) is 0 Å². The van der Waals surface area contributed by atoms with E-state index < -0.39 is 0 Å². The van der Waals surface area contributed by atoms with Crippen LogP contribution in [0.4, 0.5) is 0 Å². The van der Waals surface area contributed by atoms with Crippen molar-refractivity contribution in [2.24, 2.45) is 0 Å². The molecule has 0 saturated heterocycles. The molecule has 8 nitrogen and oxygen atoms in total. The lowest BCUT2D eigenvalue weighted by Gasteiger charge is -2.27. The summed E-state index contributed by atoms with van der Waals surface area (Å²) in [5.41, 5.74) is 2.88. The fraction of sp³-hybridized carbons (Fsp3) is 0.500. The van der Waals surface area contributed by atoms with Crippen molar-refractivity contribution in [3.05, 3.63) is 35.4 Å². The summed E-state index contributed by atoms with van der Waals surface area (Å²) in [7, 11) is 3.26. The van der Waals surface area contributed by atoms with E-state index in [-0.39, 0.29) is 5.91 Å². The maximum atomic E-state index is 11.4. The standard InChI is InChI=1S/C18H25N5O3/c1-4-17(24)20-10-13-9-14-11-22(7-8-23(14)21-13)12-15-18(26-3)16(25-2)5-6-19-15/h5-6,9H,4,7-8,10-12H2,1-3H3,(H,20,24). The summed E-state index contributed by atoms with van der Waals surface area (Å²) < 4.78 is 12.8. The smallest absolute Gasteiger partial charge is 0.220 e. The fourth-order valence-corrected chi connectivity index (χ4v) is 3.09. The van der Waals surface area contributed by atoms with Gasteiger partial charge in [0.2, 0.25) is 5.91 Å². The van der Waals surface area contributed by atoms with Crippen LogP contribution >= 0.6 is 0 Å². The lowest BCUT2D eigenvalue weighted by atomic mass is 10.2. The van der Waals surface area contributed by atoms with E-state index in [2.05, 4.69) is 26.4 Å². The van der Waals surface area contributed by atoms with E-state index in [1.807, 2.05) is 11.6 Å². The maximum absolute atomic E-state index is 11.4. The number of hydrogen-bond donors (Lipinski definition) is 1. The highest BCUT2D eigenvalue weighted by atomic mass is 16.5. The molecule has 2 aromatic heterocycles. The Kier molecular flexibility index (Phi) is 5.72. The molecule has 0 atom stereocenters. The summed E-state index contributed by atoms with van der Waals surface area (Å²) in [6.07, 6.45) is 2.22. The Morgan fingerprint density at radius 3 is 2.88 bits per heavy atom. The zero-order chi connectivity index (χ0) is 18.5. The van der Waals surface area contributed by atoms with Gasteiger partial charge in [0.1, 0.15) is 5.69 Å². The molecule has 0 aliphatic carbocycles. The van der Waals surface area contributed by atoms with Crippen LogP contribution in [0.1, 0.15) is 30.4 Å². The first-order valence-electron chi connectivity index (χ1n) is 8.75. The summed E-state index contributed by atoms with van der Waals surface area (Å²) in [6.45, 7) is 5.44. The highest BCUT2D eigenvalue weighted by Crippen LogP contribution is 2.30. The summed E-state index contributed by atoms with van der Waals surface area (Å²) in [6, 6.07) is 3.85. The first kappa shape index (κ1) is 18.2. The van der Waals surface area contributed by atoms with E-state index in [1.165, 1.54) is 0 Å². The number of methoxy groups -OCH3 is 2. The number of nitrogens with zero attached hydrogens (tertiary/aromatic N) is 4. The summed E-state index contributed by atoms with van der Waals surface area (Å²) >= 11 is 0. The number of hydrogen-bond acceptors (Lipinski definition) is 6. The molecule has 0 bridgehead atoms. The van der Waals surface area contributed by atoms with Crippen LogP contribution in [0, 0.1) is 0 Å². The van der Waals surface area contributed by atoms with Crippen molar-refractivity contribution >= 4 is 5.91 Å². The van der Waals surface area contributed by atoms with E-state index >= 15 is 0 Å². The minimum Gasteiger partial charge on any atom is -0.493 e. The predicted molar refractivity (Wildman–Crippen MR) is 95.8 cm³/mol. The van der Waals surface area contributed by atoms with Gasteiger partial charge in [0.05, 0.1) is 38.7 Å². The molecule has 140 valence electrons. The van der Waals surface area contributed by atoms with Crippen molar-refractivity contribution in [2.75, 3.05) is 20.8 Å². The summed E-state index contributed by atoms with van der Waals surface area (Å²) in [5, 5.41) is 7.44. The molecule has 1 aliphatic heterocycles. The highest BCUT2D eigenvalue weighted by molar-refractivity contribution is 5.75. The Balaban J connectivity index is 1.67. The van der Waals surface area contributed by atoms with Gasteiger partial charge < -0.3 is 14.8 Å². The van der Waals surface area contributed by atoms with Crippen LogP contribution < -0.4 is 14.8 Å². The molecular formula is C18H25N5O3. The molecule has 8 heteroatoms. The Hall–Kier alpha value is -2.61. The van der Waals surface area contributed by atoms with Gasteiger partial charge in [-0.3, -0.25) is 19.4 Å². The number of aromatic nitrogens is 3. The second-order valence-electron chi connectivity index (χ2n) is 6.18. The number of pyridine rings is 1. The molecule has 1 aliphatic rings. The van der Waals surface area contributed by atoms with E-state index in [0.29, 0.717) is 31.0 Å². The normalized spacial score (nSPS) is 14.0. The van der Waals surface area contributed by atoms with Crippen LogP contribution in [-0.2, 0) is 31.0 Å². The molecule has 3 rings (SSSR count). The van der Waals surface area contributed by atoms with Crippen molar-refractivity contribution in [1.29, 1.82) is 0 Å². The van der Waals surface area contributed by atoms with Crippen LogP contribution in [0.5, 0.6) is 11.5 Å². The average molecular weight is 359 g/mol. The molecule has 1 N–H and O–H groups in total. The third-order valence-corrected chi connectivity index (χ3v) is 4.45. The SMILES string of the molecule is CCC(=O)NCc1cc2n(n1)CCN(Cc1nccc(OC)c1OC)C2. The number of fused-ring (bicyclic) bond motifs is 1. The van der Waals surface area contributed by atoms with Gasteiger partial charge in [0.15, 0.2) is 11.5 Å². The van der Waals surface area contributed by atoms with Crippen molar-refractivity contribution in [3.8, 4) is 11.5 Å². The molecule has 26 heavy (non-hydrogen) atoms. The molecule has 0 fully saturated rings. The largest absolute Gasteiger partial charge is 0.493 e. The number of rotatable bonds is 7. The van der Waals surface area contributed by atoms with Crippen LogP contribution in [-0.4, -0.2) is 46.3 Å². The van der Waals surface area contributed by atoms with Gasteiger partial charge in [-0.05, 0) is 6.07 Å². The average Bonchev–Trinajstić information content (AvgIpc) is 3.08. The van der Waals surface area contributed by atoms with Gasteiger partial charge in [-0.1, -0.05) is 6.92 Å². The topological polar surface area (TPSA) is 81.5 Å². The van der Waals surface area contributed by atoms with Crippen molar-refractivity contribution in [2.45, 2.75) is 39.5 Å². The zero-order valence-electron chi connectivity index (χ0n) is 15.5. The third-order valence-electron chi connectivity index (χ3n) is 4.45. The molecule has 0 saturated carbocycles. The van der Waals surface area contributed by atoms with E-state index in [0.717, 1.165) is 36.7 Å². The Labute approximate surface area is 153 Å². The van der Waals surface area contributed by atoms with Crippen LogP contribution in [0.3, 0.4) is 0 Å². The number of nitrogens with one attached hydrogen (secondary N) is 1. The summed E-state index contributed by atoms with van der Waals surface area (Å²) in [5.74, 6) is 1.40. The van der Waals surface area contributed by atoms with E-state index in [1.54, 1.807) is 26.5 Å². The highest BCUT2D eigenvalue weighted by Gasteiger charge is 2.21. The Morgan fingerprint density at radius 2 is 2.15 bits per heavy atom. The molecular weight excluding hydrogens is 334 g/mol. The molecule has 2 aromatic rings.